The van der Waals surface area contributed by atoms with Crippen LogP contribution in [0.5, 0.6) is 0 Å². The van der Waals surface area contributed by atoms with Crippen LogP contribution in [0.2, 0.25) is 0 Å². The van der Waals surface area contributed by atoms with Crippen molar-refractivity contribution in [3.63, 3.8) is 0 Å². The minimum atomic E-state index is 0.577. The molecule has 1 heterocycles. The molecule has 0 aromatic carbocycles. The van der Waals surface area contributed by atoms with Crippen LogP contribution in [-0.2, 0) is 11.3 Å². The topological polar surface area (TPSA) is 50.8 Å². The number of fused-ring (bicyclic) bond motifs is 2. The fraction of sp³-hybridized carbons (Fsp3) is 0.636. The van der Waals surface area contributed by atoms with Crippen molar-refractivity contribution in [2.45, 2.75) is 19.4 Å². The van der Waals surface area contributed by atoms with E-state index >= 15 is 0 Å². The highest BCUT2D eigenvalue weighted by Crippen LogP contribution is 2.43. The molecule has 0 amide bonds. The van der Waals surface area contributed by atoms with Gasteiger partial charge in [0.15, 0.2) is 0 Å². The molecule has 15 heavy (non-hydrogen) atoms. The van der Waals surface area contributed by atoms with Gasteiger partial charge in [-0.2, -0.15) is 0 Å². The van der Waals surface area contributed by atoms with E-state index < -0.39 is 0 Å². The van der Waals surface area contributed by atoms with E-state index in [2.05, 4.69) is 27.6 Å². The molecule has 1 aromatic rings. The molecule has 2 unspecified atom stereocenters. The fourth-order valence-corrected chi connectivity index (χ4v) is 2.70. The van der Waals surface area contributed by atoms with Crippen molar-refractivity contribution in [3.8, 4) is 0 Å². The van der Waals surface area contributed by atoms with Crippen LogP contribution in [0.1, 0.15) is 18.5 Å². The molecule has 1 N–H and O–H groups in total. The highest BCUT2D eigenvalue weighted by Gasteiger charge is 2.35. The van der Waals surface area contributed by atoms with Crippen molar-refractivity contribution in [3.05, 3.63) is 24.0 Å². The Morgan fingerprint density at radius 2 is 2.40 bits per heavy atom. The van der Waals surface area contributed by atoms with Crippen LogP contribution >= 0.6 is 0 Å². The zero-order valence-electron chi connectivity index (χ0n) is 8.60. The number of hydrogen-bond acceptors (Lipinski definition) is 3. The van der Waals surface area contributed by atoms with Gasteiger partial charge in [-0.05, 0) is 30.6 Å². The molecule has 0 radical (unpaired) electrons. The second-order valence-corrected chi connectivity index (χ2v) is 4.52. The smallest absolute Gasteiger partial charge is 0.108 e. The number of nitrogens with one attached hydrogen (secondary N) is 1. The van der Waals surface area contributed by atoms with Crippen LogP contribution in [0, 0.1) is 17.8 Å². The molecule has 0 saturated heterocycles. The molecule has 1 fully saturated rings. The Labute approximate surface area is 88.7 Å². The van der Waals surface area contributed by atoms with Crippen molar-refractivity contribution >= 4 is 0 Å². The van der Waals surface area contributed by atoms with E-state index in [-0.39, 0.29) is 0 Å². The van der Waals surface area contributed by atoms with E-state index in [0.717, 1.165) is 30.1 Å². The summed E-state index contributed by atoms with van der Waals surface area (Å²) in [5.74, 6) is 2.33. The predicted octanol–water partition coefficient (Wildman–Crippen LogP) is 1.53. The molecule has 0 spiro atoms. The van der Waals surface area contributed by atoms with Crippen molar-refractivity contribution in [2.75, 3.05) is 6.61 Å². The zero-order chi connectivity index (χ0) is 10.1. The first-order chi connectivity index (χ1) is 7.42. The van der Waals surface area contributed by atoms with Gasteiger partial charge in [-0.15, -0.1) is 5.10 Å². The standard InChI is InChI=1S/C11H15N3O/c1-2-9-3-8(1)4-10(9)6-15-7-11-5-12-14-13-11/h1-2,5,8-10H,3-4,6-7H2,(H,12,13,14)/t8?,9-,10?/m0/s1. The molecule has 2 aliphatic carbocycles. The lowest BCUT2D eigenvalue weighted by molar-refractivity contribution is 0.0768. The third-order valence-corrected chi connectivity index (χ3v) is 3.47. The highest BCUT2D eigenvalue weighted by molar-refractivity contribution is 5.10. The van der Waals surface area contributed by atoms with Gasteiger partial charge >= 0.3 is 0 Å². The van der Waals surface area contributed by atoms with E-state index in [1.807, 2.05) is 0 Å². The summed E-state index contributed by atoms with van der Waals surface area (Å²) in [6.45, 7) is 1.44. The van der Waals surface area contributed by atoms with Gasteiger partial charge in [0.05, 0.1) is 13.2 Å². The number of allylic oxidation sites excluding steroid dienone is 2. The minimum Gasteiger partial charge on any atom is -0.375 e. The summed E-state index contributed by atoms with van der Waals surface area (Å²) in [5, 5.41) is 10.2. The maximum atomic E-state index is 5.66. The van der Waals surface area contributed by atoms with E-state index in [1.54, 1.807) is 6.20 Å². The van der Waals surface area contributed by atoms with Gasteiger partial charge in [0, 0.05) is 6.20 Å². The average molecular weight is 205 g/mol. The van der Waals surface area contributed by atoms with Crippen LogP contribution in [-0.4, -0.2) is 22.0 Å². The molecular weight excluding hydrogens is 190 g/mol. The maximum absolute atomic E-state index is 5.66. The molecule has 2 aliphatic rings. The number of hydrogen-bond donors (Lipinski definition) is 1. The molecule has 2 bridgehead atoms. The average Bonchev–Trinajstić information content (AvgIpc) is 2.93. The molecule has 1 saturated carbocycles. The van der Waals surface area contributed by atoms with Gasteiger partial charge in [-0.25, -0.2) is 0 Å². The van der Waals surface area contributed by atoms with Crippen molar-refractivity contribution in [2.24, 2.45) is 17.8 Å². The van der Waals surface area contributed by atoms with Gasteiger partial charge in [0.2, 0.25) is 0 Å². The van der Waals surface area contributed by atoms with Crippen molar-refractivity contribution in [1.82, 2.24) is 15.4 Å². The molecule has 1 aromatic heterocycles. The first kappa shape index (κ1) is 9.09. The number of nitrogens with zero attached hydrogens (tertiary/aromatic N) is 2. The van der Waals surface area contributed by atoms with Crippen LogP contribution < -0.4 is 0 Å². The normalized spacial score (nSPS) is 32.7. The third kappa shape index (κ3) is 1.81. The van der Waals surface area contributed by atoms with Gasteiger partial charge in [-0.1, -0.05) is 17.4 Å². The Kier molecular flexibility index (Phi) is 2.29. The molecule has 80 valence electrons. The SMILES string of the molecule is C1=C[C@H]2CC1CC2COCc1c[nH]nn1. The Hall–Kier alpha value is -1.16. The van der Waals surface area contributed by atoms with Gasteiger partial charge in [0.25, 0.3) is 0 Å². The first-order valence-corrected chi connectivity index (χ1v) is 5.53. The highest BCUT2D eigenvalue weighted by atomic mass is 16.5. The molecule has 3 atom stereocenters. The summed E-state index contributed by atoms with van der Waals surface area (Å²) in [7, 11) is 0. The summed E-state index contributed by atoms with van der Waals surface area (Å²) in [6.07, 6.45) is 9.15. The quantitative estimate of drug-likeness (QED) is 0.758. The Morgan fingerprint density at radius 1 is 1.40 bits per heavy atom. The molecule has 3 rings (SSSR count). The van der Waals surface area contributed by atoms with Crippen molar-refractivity contribution < 1.29 is 4.74 Å². The Bertz CT molecular complexity index is 347. The fourth-order valence-electron chi connectivity index (χ4n) is 2.70. The Morgan fingerprint density at radius 3 is 3.07 bits per heavy atom. The molecule has 0 aliphatic heterocycles. The lowest BCUT2D eigenvalue weighted by Gasteiger charge is -2.17. The van der Waals surface area contributed by atoms with Crippen LogP contribution in [0.4, 0.5) is 0 Å². The predicted molar refractivity (Wildman–Crippen MR) is 54.9 cm³/mol. The molecule has 4 nitrogen and oxygen atoms in total. The summed E-state index contributed by atoms with van der Waals surface area (Å²) in [4.78, 5) is 0. The van der Waals surface area contributed by atoms with Crippen LogP contribution in [0.3, 0.4) is 0 Å². The lowest BCUT2D eigenvalue weighted by Crippen LogP contribution is -2.14. The summed E-state index contributed by atoms with van der Waals surface area (Å²) < 4.78 is 5.66. The number of H-pyrrole nitrogens is 1. The van der Waals surface area contributed by atoms with Crippen LogP contribution in [0.15, 0.2) is 18.3 Å². The molecular formula is C11H15N3O. The minimum absolute atomic E-state index is 0.577. The third-order valence-electron chi connectivity index (χ3n) is 3.47. The number of aromatic nitrogens is 3. The van der Waals surface area contributed by atoms with E-state index in [4.69, 9.17) is 4.74 Å². The maximum Gasteiger partial charge on any atom is 0.108 e. The molecule has 4 heteroatoms. The number of ether oxygens (including phenoxy) is 1. The largest absolute Gasteiger partial charge is 0.375 e. The van der Waals surface area contributed by atoms with Gasteiger partial charge in [-0.3, -0.25) is 5.10 Å². The van der Waals surface area contributed by atoms with Gasteiger partial charge in [0.1, 0.15) is 5.69 Å². The Balaban J connectivity index is 1.45. The van der Waals surface area contributed by atoms with Gasteiger partial charge < -0.3 is 4.74 Å². The summed E-state index contributed by atoms with van der Waals surface area (Å²) in [6, 6.07) is 0. The first-order valence-electron chi connectivity index (χ1n) is 5.53. The number of aromatic amines is 1. The van der Waals surface area contributed by atoms with E-state index in [9.17, 15) is 0 Å². The van der Waals surface area contributed by atoms with E-state index in [0.29, 0.717) is 6.61 Å². The van der Waals surface area contributed by atoms with E-state index in [1.165, 1.54) is 12.8 Å². The summed E-state index contributed by atoms with van der Waals surface area (Å²) >= 11 is 0. The monoisotopic (exact) mass is 205 g/mol. The second-order valence-electron chi connectivity index (χ2n) is 4.52. The lowest BCUT2D eigenvalue weighted by atomic mass is 9.95. The van der Waals surface area contributed by atoms with Crippen LogP contribution in [0.25, 0.3) is 0 Å². The number of rotatable bonds is 4. The summed E-state index contributed by atoms with van der Waals surface area (Å²) in [5.41, 5.74) is 0.883. The zero-order valence-corrected chi connectivity index (χ0v) is 8.60. The second kappa shape index (κ2) is 3.77. The van der Waals surface area contributed by atoms with Crippen molar-refractivity contribution in [1.29, 1.82) is 0 Å².